The number of aromatic nitrogens is 1. The van der Waals surface area contributed by atoms with E-state index in [0.717, 1.165) is 0 Å². The van der Waals surface area contributed by atoms with Crippen LogP contribution in [0.25, 0.3) is 10.9 Å². The number of hydrogen-bond donors (Lipinski definition) is 1. The summed E-state index contributed by atoms with van der Waals surface area (Å²) in [6, 6.07) is 13.3. The average Bonchev–Trinajstić information content (AvgIpc) is 3.10. The lowest BCUT2D eigenvalue weighted by Crippen LogP contribution is -2.47. The van der Waals surface area contributed by atoms with E-state index in [4.69, 9.17) is 20.9 Å². The molecule has 1 fully saturated rings. The Hall–Kier alpha value is -2.33. The third-order valence-corrected chi connectivity index (χ3v) is 7.36. The summed E-state index contributed by atoms with van der Waals surface area (Å²) < 4.78 is 40.2. The van der Waals surface area contributed by atoms with Crippen LogP contribution in [0.1, 0.15) is 26.5 Å². The van der Waals surface area contributed by atoms with Crippen LogP contribution in [0.4, 0.5) is 0 Å². The maximum Gasteiger partial charge on any atom is 0.495 e. The maximum absolute atomic E-state index is 13.6. The first-order chi connectivity index (χ1) is 15.1. The van der Waals surface area contributed by atoms with Crippen molar-refractivity contribution in [2.24, 2.45) is 5.41 Å². The summed E-state index contributed by atoms with van der Waals surface area (Å²) in [5.41, 5.74) is 1.29. The molecule has 10 heteroatoms. The van der Waals surface area contributed by atoms with Gasteiger partial charge in [-0.25, -0.2) is 12.4 Å². The smallest absolute Gasteiger partial charge is 0.407 e. The van der Waals surface area contributed by atoms with Gasteiger partial charge in [-0.2, -0.15) is 0 Å². The minimum absolute atomic E-state index is 0.0493. The molecule has 3 aromatic rings. The molecule has 0 bridgehead atoms. The second-order valence-corrected chi connectivity index (χ2v) is 10.9. The summed E-state index contributed by atoms with van der Waals surface area (Å²) in [4.78, 5) is 11.6. The van der Waals surface area contributed by atoms with Crippen molar-refractivity contribution in [1.29, 1.82) is 0 Å². The number of carbonyl (C=O) groups is 1. The Kier molecular flexibility index (Phi) is 6.11. The molecule has 4 rings (SSSR count). The number of hydrogen-bond acceptors (Lipinski definition) is 5. The highest BCUT2D eigenvalue weighted by Crippen LogP contribution is 2.29. The van der Waals surface area contributed by atoms with Gasteiger partial charge in [0.1, 0.15) is 0 Å². The van der Waals surface area contributed by atoms with Crippen LogP contribution in [0.2, 0.25) is 5.02 Å². The molecule has 32 heavy (non-hydrogen) atoms. The zero-order valence-corrected chi connectivity index (χ0v) is 19.7. The predicted molar refractivity (Wildman–Crippen MR) is 125 cm³/mol. The largest absolute Gasteiger partial charge is 0.495 e. The molecule has 1 aromatic heterocycles. The first kappa shape index (κ1) is 22.9. The van der Waals surface area contributed by atoms with E-state index in [1.165, 1.54) is 23.0 Å². The highest BCUT2D eigenvalue weighted by molar-refractivity contribution is 7.90. The quantitative estimate of drug-likeness (QED) is 0.575. The number of fused-ring (bicyclic) bond motifs is 1. The fourth-order valence-corrected chi connectivity index (χ4v) is 5.47. The van der Waals surface area contributed by atoms with E-state index < -0.39 is 17.1 Å². The van der Waals surface area contributed by atoms with Gasteiger partial charge >= 0.3 is 7.12 Å². The molecule has 168 valence electrons. The molecule has 0 radical (unpaired) electrons. The summed E-state index contributed by atoms with van der Waals surface area (Å²) in [7, 11) is -4.63. The third kappa shape index (κ3) is 4.43. The Balaban J connectivity index is 1.87. The van der Waals surface area contributed by atoms with Crippen LogP contribution in [0.5, 0.6) is 0 Å². The summed E-state index contributed by atoms with van der Waals surface area (Å²) in [5.74, 6) is -0.260. The molecule has 1 saturated heterocycles. The van der Waals surface area contributed by atoms with Crippen LogP contribution in [0, 0.1) is 5.41 Å². The van der Waals surface area contributed by atoms with Gasteiger partial charge < -0.3 is 14.6 Å². The molecule has 0 aliphatic carbocycles. The van der Waals surface area contributed by atoms with Crippen LogP contribution >= 0.6 is 11.6 Å². The highest BCUT2D eigenvalue weighted by atomic mass is 35.5. The second-order valence-electron chi connectivity index (χ2n) is 8.68. The van der Waals surface area contributed by atoms with Gasteiger partial charge in [-0.15, -0.1) is 0 Å². The van der Waals surface area contributed by atoms with Crippen molar-refractivity contribution in [2.75, 3.05) is 13.2 Å². The van der Waals surface area contributed by atoms with Crippen LogP contribution in [0.3, 0.4) is 0 Å². The topological polar surface area (TPSA) is 86.6 Å². The molecular formula is C22H24BClN2O5S. The lowest BCUT2D eigenvalue weighted by Gasteiger charge is -2.33. The van der Waals surface area contributed by atoms with E-state index in [-0.39, 0.29) is 22.8 Å². The molecule has 0 spiro atoms. The fraction of sp³-hybridized carbons (Fsp3) is 0.318. The first-order valence-electron chi connectivity index (χ1n) is 10.2. The van der Waals surface area contributed by atoms with Crippen LogP contribution in [-0.2, 0) is 30.7 Å². The van der Waals surface area contributed by atoms with Crippen molar-refractivity contribution in [2.45, 2.75) is 32.2 Å². The Morgan fingerprint density at radius 2 is 1.81 bits per heavy atom. The van der Waals surface area contributed by atoms with Gasteiger partial charge in [0.2, 0.25) is 5.91 Å². The fourth-order valence-electron chi connectivity index (χ4n) is 3.65. The van der Waals surface area contributed by atoms with Crippen LogP contribution in [-0.4, -0.2) is 38.6 Å². The molecule has 0 saturated carbocycles. The molecule has 1 amide bonds. The minimum Gasteiger partial charge on any atom is -0.407 e. The number of carbonyl (C=O) groups excluding carboxylic acids is 1. The molecule has 1 aliphatic heterocycles. The zero-order valence-electron chi connectivity index (χ0n) is 18.1. The van der Waals surface area contributed by atoms with E-state index >= 15 is 0 Å². The van der Waals surface area contributed by atoms with Gasteiger partial charge in [0.15, 0.2) is 0 Å². The maximum atomic E-state index is 13.6. The number of amides is 1. The minimum atomic E-state index is -3.94. The van der Waals surface area contributed by atoms with Gasteiger partial charge in [0.05, 0.1) is 22.7 Å². The molecule has 0 atom stereocenters. The second kappa shape index (κ2) is 8.55. The van der Waals surface area contributed by atoms with Crippen molar-refractivity contribution < 1.29 is 22.5 Å². The predicted octanol–water partition coefficient (Wildman–Crippen LogP) is 2.94. The monoisotopic (exact) mass is 474 g/mol. The third-order valence-electron chi connectivity index (χ3n) is 5.25. The Morgan fingerprint density at radius 1 is 1.16 bits per heavy atom. The van der Waals surface area contributed by atoms with E-state index in [2.05, 4.69) is 5.32 Å². The number of benzene rings is 2. The SMILES string of the molecule is CC(=O)NCc1cc2cc(Cl)c(B3OCC(C)(C)CO3)cc2n1S(=O)(=O)c1ccccc1. The van der Waals surface area contributed by atoms with Gasteiger partial charge in [0.25, 0.3) is 10.0 Å². The molecule has 7 nitrogen and oxygen atoms in total. The summed E-state index contributed by atoms with van der Waals surface area (Å²) in [5, 5.41) is 3.73. The Labute approximate surface area is 192 Å². The van der Waals surface area contributed by atoms with Crippen LogP contribution < -0.4 is 10.8 Å². The van der Waals surface area contributed by atoms with Crippen LogP contribution in [0.15, 0.2) is 53.4 Å². The van der Waals surface area contributed by atoms with Crippen molar-refractivity contribution in [3.8, 4) is 0 Å². The van der Waals surface area contributed by atoms with Crippen molar-refractivity contribution in [3.63, 3.8) is 0 Å². The number of rotatable bonds is 5. The van der Waals surface area contributed by atoms with Crippen molar-refractivity contribution in [3.05, 3.63) is 59.2 Å². The standard InChI is InChI=1S/C22H24BClN2O5S/c1-15(27)25-12-17-9-16-10-20(24)19(23-30-13-22(2,3)14-31-23)11-21(16)26(17)32(28,29)18-7-5-4-6-8-18/h4-11H,12-14H2,1-3H3,(H,25,27). The zero-order chi connectivity index (χ0) is 23.1. The lowest BCUT2D eigenvalue weighted by atomic mass is 9.75. The van der Waals surface area contributed by atoms with Crippen molar-refractivity contribution in [1.82, 2.24) is 9.29 Å². The van der Waals surface area contributed by atoms with Gasteiger partial charge in [0, 0.05) is 41.4 Å². The van der Waals surface area contributed by atoms with E-state index in [1.54, 1.807) is 36.4 Å². The van der Waals surface area contributed by atoms with Gasteiger partial charge in [-0.3, -0.25) is 4.79 Å². The normalized spacial score (nSPS) is 16.3. The molecule has 2 aromatic carbocycles. The van der Waals surface area contributed by atoms with Gasteiger partial charge in [-0.1, -0.05) is 43.6 Å². The number of nitrogens with zero attached hydrogens (tertiary/aromatic N) is 1. The van der Waals surface area contributed by atoms with E-state index in [1.807, 2.05) is 13.8 Å². The molecule has 0 unspecified atom stereocenters. The first-order valence-corrected chi connectivity index (χ1v) is 12.0. The number of nitrogens with one attached hydrogen (secondary N) is 1. The summed E-state index contributed by atoms with van der Waals surface area (Å²) >= 11 is 6.54. The van der Waals surface area contributed by atoms with Gasteiger partial charge in [-0.05, 0) is 30.3 Å². The lowest BCUT2D eigenvalue weighted by molar-refractivity contribution is -0.119. The average molecular weight is 475 g/mol. The summed E-state index contributed by atoms with van der Waals surface area (Å²) in [6.45, 7) is 6.49. The Bertz CT molecular complexity index is 1260. The molecule has 2 heterocycles. The van der Waals surface area contributed by atoms with E-state index in [0.29, 0.717) is 40.3 Å². The van der Waals surface area contributed by atoms with Crippen molar-refractivity contribution >= 4 is 51.0 Å². The number of halogens is 1. The summed E-state index contributed by atoms with van der Waals surface area (Å²) in [6.07, 6.45) is 0. The molecular weight excluding hydrogens is 451 g/mol. The molecule has 1 aliphatic rings. The highest BCUT2D eigenvalue weighted by Gasteiger charge is 2.35. The molecule has 1 N–H and O–H groups in total. The Morgan fingerprint density at radius 3 is 2.44 bits per heavy atom. The van der Waals surface area contributed by atoms with E-state index in [9.17, 15) is 13.2 Å².